The zero-order valence-electron chi connectivity index (χ0n) is 9.89. The number of rotatable bonds is 5. The number of anilines is 2. The number of halogens is 1. The van der Waals surface area contributed by atoms with Crippen molar-refractivity contribution >= 4 is 40.3 Å². The van der Waals surface area contributed by atoms with Gasteiger partial charge in [-0.2, -0.15) is 0 Å². The molecule has 0 fully saturated rings. The summed E-state index contributed by atoms with van der Waals surface area (Å²) in [6.45, 7) is 0.549. The standard InChI is InChI=1S/C12H12ClN3O2S/c13-10-4-7(14)3-9(12(17)18)11(10)15-2-1-8-5-19-6-16-8/h3-6,15H,1-2,14H2,(H,17,18). The molecule has 0 bridgehead atoms. The van der Waals surface area contributed by atoms with Crippen molar-refractivity contribution in [3.05, 3.63) is 39.3 Å². The summed E-state index contributed by atoms with van der Waals surface area (Å²) in [6.07, 6.45) is 0.698. The first-order valence-electron chi connectivity index (χ1n) is 5.51. The van der Waals surface area contributed by atoms with E-state index in [9.17, 15) is 4.79 Å². The van der Waals surface area contributed by atoms with Crippen LogP contribution in [0.1, 0.15) is 16.1 Å². The average molecular weight is 298 g/mol. The van der Waals surface area contributed by atoms with E-state index in [1.165, 1.54) is 23.5 Å². The summed E-state index contributed by atoms with van der Waals surface area (Å²) in [4.78, 5) is 15.3. The molecule has 2 aromatic rings. The molecule has 0 unspecified atom stereocenters. The number of aromatic carboxylic acids is 1. The Labute approximate surface area is 119 Å². The normalized spacial score (nSPS) is 10.4. The molecule has 1 aromatic carbocycles. The molecule has 0 saturated carbocycles. The molecule has 0 radical (unpaired) electrons. The van der Waals surface area contributed by atoms with Crippen LogP contribution in [-0.2, 0) is 6.42 Å². The Kier molecular flexibility index (Phi) is 4.24. The van der Waals surface area contributed by atoms with Crippen molar-refractivity contribution in [2.45, 2.75) is 6.42 Å². The maximum absolute atomic E-state index is 11.2. The van der Waals surface area contributed by atoms with Gasteiger partial charge < -0.3 is 16.2 Å². The van der Waals surface area contributed by atoms with Crippen LogP contribution in [0.4, 0.5) is 11.4 Å². The predicted molar refractivity (Wildman–Crippen MR) is 77.1 cm³/mol. The maximum atomic E-state index is 11.2. The summed E-state index contributed by atoms with van der Waals surface area (Å²) >= 11 is 7.54. The van der Waals surface area contributed by atoms with Gasteiger partial charge in [-0.15, -0.1) is 11.3 Å². The molecule has 19 heavy (non-hydrogen) atoms. The number of carboxylic acid groups (broad SMARTS) is 1. The van der Waals surface area contributed by atoms with Gasteiger partial charge in [-0.3, -0.25) is 0 Å². The van der Waals surface area contributed by atoms with Gasteiger partial charge in [0.15, 0.2) is 0 Å². The monoisotopic (exact) mass is 297 g/mol. The molecule has 7 heteroatoms. The lowest BCUT2D eigenvalue weighted by molar-refractivity contribution is 0.0698. The lowest BCUT2D eigenvalue weighted by Crippen LogP contribution is -2.11. The van der Waals surface area contributed by atoms with Crippen molar-refractivity contribution in [2.24, 2.45) is 0 Å². The van der Waals surface area contributed by atoms with E-state index < -0.39 is 5.97 Å². The number of aromatic nitrogens is 1. The van der Waals surface area contributed by atoms with E-state index in [1.54, 1.807) is 5.51 Å². The first-order chi connectivity index (χ1) is 9.08. The zero-order chi connectivity index (χ0) is 13.8. The molecule has 0 spiro atoms. The van der Waals surface area contributed by atoms with E-state index >= 15 is 0 Å². The third kappa shape index (κ3) is 3.36. The minimum Gasteiger partial charge on any atom is -0.478 e. The lowest BCUT2D eigenvalue weighted by atomic mass is 10.1. The molecule has 1 heterocycles. The SMILES string of the molecule is Nc1cc(Cl)c(NCCc2cscn2)c(C(=O)O)c1. The average Bonchev–Trinajstić information content (AvgIpc) is 2.84. The Balaban J connectivity index is 2.12. The van der Waals surface area contributed by atoms with Crippen LogP contribution in [0.2, 0.25) is 5.02 Å². The number of benzene rings is 1. The first kappa shape index (κ1) is 13.6. The Morgan fingerprint density at radius 3 is 2.95 bits per heavy atom. The third-order valence-corrected chi connectivity index (χ3v) is 3.44. The first-order valence-corrected chi connectivity index (χ1v) is 6.83. The topological polar surface area (TPSA) is 88.2 Å². The number of hydrogen-bond donors (Lipinski definition) is 3. The second-order valence-corrected chi connectivity index (χ2v) is 5.01. The van der Waals surface area contributed by atoms with Crippen molar-refractivity contribution in [1.29, 1.82) is 0 Å². The van der Waals surface area contributed by atoms with Gasteiger partial charge in [0.05, 0.1) is 27.5 Å². The number of hydrogen-bond acceptors (Lipinski definition) is 5. The second kappa shape index (κ2) is 5.90. The molecule has 0 aliphatic carbocycles. The molecular formula is C12H12ClN3O2S. The fourth-order valence-corrected chi connectivity index (χ4v) is 2.54. The smallest absolute Gasteiger partial charge is 0.337 e. The molecule has 0 aliphatic heterocycles. The van der Waals surface area contributed by atoms with Crippen LogP contribution in [0.25, 0.3) is 0 Å². The van der Waals surface area contributed by atoms with Gasteiger partial charge >= 0.3 is 5.97 Å². The second-order valence-electron chi connectivity index (χ2n) is 3.89. The molecule has 4 N–H and O–H groups in total. The van der Waals surface area contributed by atoms with Crippen LogP contribution in [0.15, 0.2) is 23.0 Å². The number of thiazole rings is 1. The highest BCUT2D eigenvalue weighted by Crippen LogP contribution is 2.29. The van der Waals surface area contributed by atoms with Crippen LogP contribution in [0.3, 0.4) is 0 Å². The van der Waals surface area contributed by atoms with Gasteiger partial charge in [-0.05, 0) is 12.1 Å². The van der Waals surface area contributed by atoms with E-state index in [1.807, 2.05) is 5.38 Å². The summed E-state index contributed by atoms with van der Waals surface area (Å²) in [5, 5.41) is 14.4. The maximum Gasteiger partial charge on any atom is 0.337 e. The number of carbonyl (C=O) groups is 1. The molecule has 1 aromatic heterocycles. The zero-order valence-corrected chi connectivity index (χ0v) is 11.5. The van der Waals surface area contributed by atoms with E-state index in [0.717, 1.165) is 5.69 Å². The molecular weight excluding hydrogens is 286 g/mol. The number of nitrogens with zero attached hydrogens (tertiary/aromatic N) is 1. The Bertz CT molecular complexity index is 587. The van der Waals surface area contributed by atoms with Crippen LogP contribution in [0.5, 0.6) is 0 Å². The van der Waals surface area contributed by atoms with E-state index in [-0.39, 0.29) is 5.56 Å². The predicted octanol–water partition coefficient (Wildman–Crippen LogP) is 2.73. The van der Waals surface area contributed by atoms with Crippen molar-refractivity contribution < 1.29 is 9.90 Å². The van der Waals surface area contributed by atoms with E-state index in [0.29, 0.717) is 29.4 Å². The number of nitrogens with one attached hydrogen (secondary N) is 1. The highest BCUT2D eigenvalue weighted by molar-refractivity contribution is 7.07. The van der Waals surface area contributed by atoms with Crippen molar-refractivity contribution in [1.82, 2.24) is 4.98 Å². The fourth-order valence-electron chi connectivity index (χ4n) is 1.65. The van der Waals surface area contributed by atoms with Crippen molar-refractivity contribution in [3.8, 4) is 0 Å². The van der Waals surface area contributed by atoms with Gasteiger partial charge in [0.2, 0.25) is 0 Å². The largest absolute Gasteiger partial charge is 0.478 e. The number of nitrogen functional groups attached to an aromatic ring is 1. The Morgan fingerprint density at radius 2 is 2.32 bits per heavy atom. The quantitative estimate of drug-likeness (QED) is 0.739. The molecule has 100 valence electrons. The fraction of sp³-hybridized carbons (Fsp3) is 0.167. The molecule has 0 amide bonds. The van der Waals surface area contributed by atoms with Crippen LogP contribution in [-0.4, -0.2) is 22.6 Å². The van der Waals surface area contributed by atoms with Gasteiger partial charge in [0, 0.05) is 24.0 Å². The van der Waals surface area contributed by atoms with Crippen LogP contribution < -0.4 is 11.1 Å². The van der Waals surface area contributed by atoms with Crippen LogP contribution in [0, 0.1) is 0 Å². The van der Waals surface area contributed by atoms with Gasteiger partial charge in [-0.1, -0.05) is 11.6 Å². The summed E-state index contributed by atoms with van der Waals surface area (Å²) < 4.78 is 0. The van der Waals surface area contributed by atoms with Crippen molar-refractivity contribution in [2.75, 3.05) is 17.6 Å². The number of nitrogens with two attached hydrogens (primary N) is 1. The Hall–Kier alpha value is -1.79. The van der Waals surface area contributed by atoms with Gasteiger partial charge in [0.1, 0.15) is 0 Å². The summed E-state index contributed by atoms with van der Waals surface area (Å²) in [6, 6.07) is 2.92. The minimum absolute atomic E-state index is 0.0725. The number of carboxylic acids is 1. The summed E-state index contributed by atoms with van der Waals surface area (Å²) in [7, 11) is 0. The molecule has 0 aliphatic rings. The molecule has 0 saturated heterocycles. The summed E-state index contributed by atoms with van der Waals surface area (Å²) in [5.41, 5.74) is 9.09. The summed E-state index contributed by atoms with van der Waals surface area (Å²) in [5.74, 6) is -1.06. The van der Waals surface area contributed by atoms with Gasteiger partial charge in [0.25, 0.3) is 0 Å². The third-order valence-electron chi connectivity index (χ3n) is 2.51. The molecule has 5 nitrogen and oxygen atoms in total. The van der Waals surface area contributed by atoms with Crippen molar-refractivity contribution in [3.63, 3.8) is 0 Å². The Morgan fingerprint density at radius 1 is 1.53 bits per heavy atom. The minimum atomic E-state index is -1.06. The molecule has 0 atom stereocenters. The van der Waals surface area contributed by atoms with Crippen LogP contribution >= 0.6 is 22.9 Å². The highest BCUT2D eigenvalue weighted by atomic mass is 35.5. The highest BCUT2D eigenvalue weighted by Gasteiger charge is 2.14. The van der Waals surface area contributed by atoms with E-state index in [4.69, 9.17) is 22.4 Å². The van der Waals surface area contributed by atoms with E-state index in [2.05, 4.69) is 10.3 Å². The molecule has 2 rings (SSSR count). The van der Waals surface area contributed by atoms with Gasteiger partial charge in [-0.25, -0.2) is 9.78 Å². The lowest BCUT2D eigenvalue weighted by Gasteiger charge is -2.12.